The summed E-state index contributed by atoms with van der Waals surface area (Å²) in [5.74, 6) is 0.847. The summed E-state index contributed by atoms with van der Waals surface area (Å²) >= 11 is 5.08. The monoisotopic (exact) mass is 285 g/mol. The molecule has 7 heteroatoms. The Balaban J connectivity index is 2.19. The van der Waals surface area contributed by atoms with Crippen LogP contribution in [0.1, 0.15) is 0 Å². The number of hydrogen-bond acceptors (Lipinski definition) is 6. The fourth-order valence-corrected chi connectivity index (χ4v) is 2.15. The molecule has 18 heavy (non-hydrogen) atoms. The van der Waals surface area contributed by atoms with Crippen molar-refractivity contribution < 1.29 is 18.1 Å². The van der Waals surface area contributed by atoms with E-state index in [1.54, 1.807) is 6.07 Å². The van der Waals surface area contributed by atoms with Gasteiger partial charge < -0.3 is 18.1 Å². The van der Waals surface area contributed by atoms with Crippen LogP contribution in [-0.2, 0) is 20.9 Å². The third kappa shape index (κ3) is 2.97. The Morgan fingerprint density at radius 2 is 1.83 bits per heavy atom. The number of nitrogens with zero attached hydrogens (tertiary/aromatic N) is 1. The molecule has 0 bridgehead atoms. The molecular weight excluding hydrogens is 273 g/mol. The molecule has 0 N–H and O–H groups in total. The molecule has 2 aromatic rings. The molecule has 0 aliphatic rings. The van der Waals surface area contributed by atoms with E-state index in [2.05, 4.69) is 5.16 Å². The second-order valence-corrected chi connectivity index (χ2v) is 6.45. The van der Waals surface area contributed by atoms with Gasteiger partial charge in [0.05, 0.1) is 6.07 Å². The number of hydrogen-bond donors (Lipinski definition) is 0. The van der Waals surface area contributed by atoms with E-state index in [1.807, 2.05) is 30.3 Å². The van der Waals surface area contributed by atoms with E-state index in [9.17, 15) is 0 Å². The van der Waals surface area contributed by atoms with Crippen LogP contribution in [0, 0.1) is 0 Å². The van der Waals surface area contributed by atoms with Crippen LogP contribution in [0.2, 0.25) is 0 Å². The minimum Gasteiger partial charge on any atom is -0.402 e. The van der Waals surface area contributed by atoms with Crippen LogP contribution in [0.25, 0.3) is 11.3 Å². The summed E-state index contributed by atoms with van der Waals surface area (Å²) in [7, 11) is 2.87. The largest absolute Gasteiger partial charge is 0.402 e. The van der Waals surface area contributed by atoms with Crippen molar-refractivity contribution in [2.45, 2.75) is 0 Å². The maximum atomic E-state index is 5.38. The second-order valence-electron chi connectivity index (χ2n) is 3.30. The summed E-state index contributed by atoms with van der Waals surface area (Å²) in [6, 6.07) is 11.2. The third-order valence-corrected chi connectivity index (χ3v) is 4.62. The molecular formula is C11H12NO4PS. The van der Waals surface area contributed by atoms with Crippen LogP contribution >= 0.6 is 6.72 Å². The summed E-state index contributed by atoms with van der Waals surface area (Å²) < 4.78 is 20.6. The quantitative estimate of drug-likeness (QED) is 0.786. The fraction of sp³-hybridized carbons (Fsp3) is 0.182. The van der Waals surface area contributed by atoms with Crippen molar-refractivity contribution in [1.29, 1.82) is 0 Å². The molecule has 0 saturated heterocycles. The van der Waals surface area contributed by atoms with E-state index in [1.165, 1.54) is 14.2 Å². The Morgan fingerprint density at radius 1 is 1.17 bits per heavy atom. The molecule has 0 saturated carbocycles. The molecule has 0 unspecified atom stereocenters. The third-order valence-electron chi connectivity index (χ3n) is 2.20. The molecule has 2 rings (SSSR count). The van der Waals surface area contributed by atoms with Gasteiger partial charge in [0.1, 0.15) is 0 Å². The average molecular weight is 285 g/mol. The van der Waals surface area contributed by atoms with Gasteiger partial charge in [-0.25, -0.2) is 0 Å². The van der Waals surface area contributed by atoms with Gasteiger partial charge in [-0.2, -0.15) is 0 Å². The zero-order valence-electron chi connectivity index (χ0n) is 9.90. The highest BCUT2D eigenvalue weighted by molar-refractivity contribution is 8.07. The molecule has 1 aromatic carbocycles. The van der Waals surface area contributed by atoms with E-state index < -0.39 is 6.72 Å². The zero-order chi connectivity index (χ0) is 13.0. The molecule has 0 radical (unpaired) electrons. The standard InChI is InChI=1S/C11H12NO4PS/c1-13-17(18,14-2)16-11-8-10(15-12-11)9-6-4-3-5-7-9/h3-8H,1-2H3. The topological polar surface area (TPSA) is 53.7 Å². The number of benzene rings is 1. The lowest BCUT2D eigenvalue weighted by atomic mass is 10.2. The smallest absolute Gasteiger partial charge is 0.381 e. The van der Waals surface area contributed by atoms with Crippen molar-refractivity contribution >= 4 is 18.5 Å². The zero-order valence-corrected chi connectivity index (χ0v) is 11.6. The van der Waals surface area contributed by atoms with Gasteiger partial charge in [0.2, 0.25) is 0 Å². The highest BCUT2D eigenvalue weighted by Gasteiger charge is 2.21. The predicted octanol–water partition coefficient (Wildman–Crippen LogP) is 3.24. The molecule has 0 spiro atoms. The van der Waals surface area contributed by atoms with Gasteiger partial charge in [-0.1, -0.05) is 30.3 Å². The van der Waals surface area contributed by atoms with Crippen molar-refractivity contribution in [3.05, 3.63) is 36.4 Å². The predicted molar refractivity (Wildman–Crippen MR) is 70.9 cm³/mol. The summed E-state index contributed by atoms with van der Waals surface area (Å²) in [5.41, 5.74) is 0.906. The van der Waals surface area contributed by atoms with E-state index >= 15 is 0 Å². The first-order valence-corrected chi connectivity index (χ1v) is 7.66. The van der Waals surface area contributed by atoms with E-state index in [-0.39, 0.29) is 5.88 Å². The maximum Gasteiger partial charge on any atom is 0.381 e. The van der Waals surface area contributed by atoms with Crippen molar-refractivity contribution in [2.75, 3.05) is 14.2 Å². The van der Waals surface area contributed by atoms with Gasteiger partial charge in [0.25, 0.3) is 5.88 Å². The lowest BCUT2D eigenvalue weighted by Gasteiger charge is -2.15. The Kier molecular flexibility index (Phi) is 4.14. The molecule has 5 nitrogen and oxygen atoms in total. The van der Waals surface area contributed by atoms with E-state index in [0.29, 0.717) is 5.76 Å². The molecule has 0 atom stereocenters. The van der Waals surface area contributed by atoms with Crippen molar-refractivity contribution in [3.8, 4) is 17.2 Å². The van der Waals surface area contributed by atoms with Crippen LogP contribution < -0.4 is 4.52 Å². The first kappa shape index (κ1) is 13.2. The molecule has 1 aromatic heterocycles. The van der Waals surface area contributed by atoms with Crippen LogP contribution in [0.15, 0.2) is 40.9 Å². The molecule has 0 aliphatic heterocycles. The van der Waals surface area contributed by atoms with Gasteiger partial charge in [0.15, 0.2) is 5.76 Å². The van der Waals surface area contributed by atoms with Gasteiger partial charge in [-0.15, -0.1) is 0 Å². The van der Waals surface area contributed by atoms with Crippen molar-refractivity contribution in [1.82, 2.24) is 5.16 Å². The molecule has 96 valence electrons. The normalized spacial score (nSPS) is 11.4. The number of aromatic nitrogens is 1. The van der Waals surface area contributed by atoms with Gasteiger partial charge in [0, 0.05) is 31.6 Å². The highest BCUT2D eigenvalue weighted by Crippen LogP contribution is 2.48. The summed E-state index contributed by atoms with van der Waals surface area (Å²) in [6.07, 6.45) is 0. The second kappa shape index (κ2) is 5.63. The van der Waals surface area contributed by atoms with Crippen molar-refractivity contribution in [3.63, 3.8) is 0 Å². The Hall–Kier alpha value is -1.20. The van der Waals surface area contributed by atoms with E-state index in [0.717, 1.165) is 5.56 Å². The fourth-order valence-electron chi connectivity index (χ4n) is 1.30. The summed E-state index contributed by atoms with van der Waals surface area (Å²) in [6.45, 7) is -2.77. The Labute approximate surface area is 110 Å². The first-order chi connectivity index (χ1) is 8.67. The summed E-state index contributed by atoms with van der Waals surface area (Å²) in [5, 5.41) is 3.78. The van der Waals surface area contributed by atoms with Gasteiger partial charge in [-0.3, -0.25) is 0 Å². The number of rotatable bonds is 5. The highest BCUT2D eigenvalue weighted by atomic mass is 32.5. The van der Waals surface area contributed by atoms with E-state index in [4.69, 9.17) is 29.9 Å². The molecule has 1 heterocycles. The lowest BCUT2D eigenvalue weighted by molar-refractivity contribution is 0.264. The lowest BCUT2D eigenvalue weighted by Crippen LogP contribution is -1.96. The average Bonchev–Trinajstić information content (AvgIpc) is 2.88. The van der Waals surface area contributed by atoms with Crippen LogP contribution in [0.4, 0.5) is 0 Å². The first-order valence-electron chi connectivity index (χ1n) is 5.10. The van der Waals surface area contributed by atoms with Gasteiger partial charge in [-0.05, 0) is 5.16 Å². The SMILES string of the molecule is COP(=S)(OC)Oc1cc(-c2ccccc2)on1. The Bertz CT molecular complexity index is 549. The minimum absolute atomic E-state index is 0.251. The van der Waals surface area contributed by atoms with Crippen LogP contribution in [0.5, 0.6) is 5.88 Å². The molecule has 0 fully saturated rings. The summed E-state index contributed by atoms with van der Waals surface area (Å²) in [4.78, 5) is 0. The molecule has 0 amide bonds. The maximum absolute atomic E-state index is 5.38. The van der Waals surface area contributed by atoms with Gasteiger partial charge >= 0.3 is 6.72 Å². The van der Waals surface area contributed by atoms with Crippen LogP contribution in [0.3, 0.4) is 0 Å². The molecule has 0 aliphatic carbocycles. The van der Waals surface area contributed by atoms with Crippen LogP contribution in [-0.4, -0.2) is 19.4 Å². The minimum atomic E-state index is -2.77. The van der Waals surface area contributed by atoms with Crippen molar-refractivity contribution in [2.24, 2.45) is 0 Å². The Morgan fingerprint density at radius 3 is 2.44 bits per heavy atom.